The number of benzene rings is 2. The van der Waals surface area contributed by atoms with Gasteiger partial charge in [0.05, 0.1) is 17.1 Å². The van der Waals surface area contributed by atoms with Crippen LogP contribution in [-0.4, -0.2) is 9.55 Å². The molecule has 0 atom stereocenters. The highest BCUT2D eigenvalue weighted by molar-refractivity contribution is 5.95. The Bertz CT molecular complexity index is 1070. The quantitative estimate of drug-likeness (QED) is 0.586. The Kier molecular flexibility index (Phi) is 3.68. The SMILES string of the molecule is Cn1c(-c2ccccc2)cc2c(Nc3ccc(C#N)cc3)nccc21. The molecule has 0 radical (unpaired) electrons. The average molecular weight is 324 g/mol. The maximum atomic E-state index is 8.92. The van der Waals surface area contributed by atoms with Gasteiger partial charge in [-0.05, 0) is 42.0 Å². The van der Waals surface area contributed by atoms with Crippen LogP contribution in [0.2, 0.25) is 0 Å². The highest BCUT2D eigenvalue weighted by Crippen LogP contribution is 2.31. The molecule has 120 valence electrons. The van der Waals surface area contributed by atoms with E-state index in [0.717, 1.165) is 28.1 Å². The van der Waals surface area contributed by atoms with Gasteiger partial charge in [-0.1, -0.05) is 30.3 Å². The van der Waals surface area contributed by atoms with E-state index in [1.165, 1.54) is 5.56 Å². The minimum absolute atomic E-state index is 0.641. The lowest BCUT2D eigenvalue weighted by Crippen LogP contribution is -1.95. The van der Waals surface area contributed by atoms with E-state index in [1.54, 1.807) is 12.1 Å². The van der Waals surface area contributed by atoms with E-state index in [-0.39, 0.29) is 0 Å². The van der Waals surface area contributed by atoms with Gasteiger partial charge in [0, 0.05) is 30.0 Å². The summed E-state index contributed by atoms with van der Waals surface area (Å²) in [5.74, 6) is 0.806. The van der Waals surface area contributed by atoms with Gasteiger partial charge in [0.1, 0.15) is 5.82 Å². The lowest BCUT2D eigenvalue weighted by atomic mass is 10.1. The van der Waals surface area contributed by atoms with Crippen molar-refractivity contribution in [2.45, 2.75) is 0 Å². The van der Waals surface area contributed by atoms with E-state index in [0.29, 0.717) is 5.56 Å². The summed E-state index contributed by atoms with van der Waals surface area (Å²) in [5.41, 5.74) is 4.98. The van der Waals surface area contributed by atoms with Crippen LogP contribution in [0.25, 0.3) is 22.2 Å². The normalized spacial score (nSPS) is 10.6. The van der Waals surface area contributed by atoms with E-state index in [2.05, 4.69) is 46.2 Å². The van der Waals surface area contributed by atoms with Crippen molar-refractivity contribution in [1.29, 1.82) is 5.26 Å². The number of hydrogen-bond acceptors (Lipinski definition) is 3. The van der Waals surface area contributed by atoms with Gasteiger partial charge < -0.3 is 9.88 Å². The third-order valence-electron chi connectivity index (χ3n) is 4.32. The largest absolute Gasteiger partial charge is 0.343 e. The van der Waals surface area contributed by atoms with Crippen molar-refractivity contribution in [2.75, 3.05) is 5.32 Å². The van der Waals surface area contributed by atoms with Crippen molar-refractivity contribution >= 4 is 22.4 Å². The molecule has 4 nitrogen and oxygen atoms in total. The van der Waals surface area contributed by atoms with Gasteiger partial charge in [0.15, 0.2) is 0 Å². The molecule has 25 heavy (non-hydrogen) atoms. The van der Waals surface area contributed by atoms with E-state index < -0.39 is 0 Å². The maximum Gasteiger partial charge on any atom is 0.139 e. The molecule has 1 N–H and O–H groups in total. The summed E-state index contributed by atoms with van der Waals surface area (Å²) >= 11 is 0. The van der Waals surface area contributed by atoms with Crippen LogP contribution in [0.4, 0.5) is 11.5 Å². The van der Waals surface area contributed by atoms with Crippen LogP contribution in [0, 0.1) is 11.3 Å². The van der Waals surface area contributed by atoms with Crippen LogP contribution in [0.15, 0.2) is 72.9 Å². The summed E-state index contributed by atoms with van der Waals surface area (Å²) in [6, 6.07) is 24.0. The van der Waals surface area contributed by atoms with Gasteiger partial charge in [-0.2, -0.15) is 5.26 Å². The molecule has 0 saturated carbocycles. The van der Waals surface area contributed by atoms with Crippen LogP contribution in [0.5, 0.6) is 0 Å². The molecule has 0 fully saturated rings. The Labute approximate surface area is 146 Å². The molecule has 0 aliphatic carbocycles. The molecule has 2 aromatic carbocycles. The summed E-state index contributed by atoms with van der Waals surface area (Å²) in [6.07, 6.45) is 1.81. The molecule has 0 amide bonds. The lowest BCUT2D eigenvalue weighted by molar-refractivity contribution is 0.977. The van der Waals surface area contributed by atoms with Gasteiger partial charge in [-0.3, -0.25) is 0 Å². The number of pyridine rings is 1. The first kappa shape index (κ1) is 15.0. The van der Waals surface area contributed by atoms with Crippen LogP contribution < -0.4 is 5.32 Å². The smallest absolute Gasteiger partial charge is 0.139 e. The van der Waals surface area contributed by atoms with Gasteiger partial charge in [-0.25, -0.2) is 4.98 Å². The first-order valence-corrected chi connectivity index (χ1v) is 8.03. The molecule has 2 aromatic heterocycles. The molecule has 0 bridgehead atoms. The highest BCUT2D eigenvalue weighted by Gasteiger charge is 2.11. The topological polar surface area (TPSA) is 53.6 Å². The van der Waals surface area contributed by atoms with Crippen molar-refractivity contribution in [3.8, 4) is 17.3 Å². The maximum absolute atomic E-state index is 8.92. The third-order valence-corrected chi connectivity index (χ3v) is 4.32. The molecule has 0 spiro atoms. The lowest BCUT2D eigenvalue weighted by Gasteiger charge is -2.07. The standard InChI is InChI=1S/C21H16N4/c1-25-19-11-12-23-21(24-17-9-7-15(14-22)8-10-17)18(19)13-20(25)16-5-3-2-4-6-16/h2-13H,1H3,(H,23,24). The molecule has 4 rings (SSSR count). The molecule has 0 aliphatic rings. The number of aromatic nitrogens is 2. The highest BCUT2D eigenvalue weighted by atomic mass is 15.0. The molecular weight excluding hydrogens is 308 g/mol. The Hall–Kier alpha value is -3.58. The summed E-state index contributed by atoms with van der Waals surface area (Å²) < 4.78 is 2.18. The van der Waals surface area contributed by atoms with E-state index >= 15 is 0 Å². The molecule has 4 aromatic rings. The monoisotopic (exact) mass is 324 g/mol. The van der Waals surface area contributed by atoms with E-state index in [1.807, 2.05) is 42.6 Å². The fourth-order valence-corrected chi connectivity index (χ4v) is 3.01. The van der Waals surface area contributed by atoms with Crippen LogP contribution in [0.3, 0.4) is 0 Å². The van der Waals surface area contributed by atoms with Crippen LogP contribution in [-0.2, 0) is 7.05 Å². The van der Waals surface area contributed by atoms with Crippen molar-refractivity contribution in [1.82, 2.24) is 9.55 Å². The zero-order valence-corrected chi connectivity index (χ0v) is 13.8. The zero-order valence-electron chi connectivity index (χ0n) is 13.8. The molecule has 0 aliphatic heterocycles. The van der Waals surface area contributed by atoms with E-state index in [4.69, 9.17) is 5.26 Å². The van der Waals surface area contributed by atoms with Gasteiger partial charge >= 0.3 is 0 Å². The van der Waals surface area contributed by atoms with Gasteiger partial charge in [-0.15, -0.1) is 0 Å². The second-order valence-corrected chi connectivity index (χ2v) is 5.86. The fraction of sp³-hybridized carbons (Fsp3) is 0.0476. The summed E-state index contributed by atoms with van der Waals surface area (Å²) in [7, 11) is 2.07. The number of hydrogen-bond donors (Lipinski definition) is 1. The Balaban J connectivity index is 1.78. The number of anilines is 2. The number of nitriles is 1. The third kappa shape index (κ3) is 2.73. The van der Waals surface area contributed by atoms with Crippen molar-refractivity contribution < 1.29 is 0 Å². The Morgan fingerprint density at radius 2 is 1.76 bits per heavy atom. The van der Waals surface area contributed by atoms with Crippen molar-refractivity contribution in [2.24, 2.45) is 7.05 Å². The molecule has 4 heteroatoms. The minimum atomic E-state index is 0.641. The molecule has 0 saturated heterocycles. The second-order valence-electron chi connectivity index (χ2n) is 5.86. The first-order valence-electron chi connectivity index (χ1n) is 8.03. The van der Waals surface area contributed by atoms with Gasteiger partial charge in [0.25, 0.3) is 0 Å². The zero-order chi connectivity index (χ0) is 17.2. The van der Waals surface area contributed by atoms with Crippen molar-refractivity contribution in [3.63, 3.8) is 0 Å². The number of nitrogens with one attached hydrogen (secondary N) is 1. The van der Waals surface area contributed by atoms with Crippen LogP contribution in [0.1, 0.15) is 5.56 Å². The summed E-state index contributed by atoms with van der Waals surface area (Å²) in [4.78, 5) is 4.50. The van der Waals surface area contributed by atoms with Crippen molar-refractivity contribution in [3.05, 3.63) is 78.5 Å². The number of rotatable bonds is 3. The molecular formula is C21H16N4. The molecule has 0 unspecified atom stereocenters. The number of aryl methyl sites for hydroxylation is 1. The second kappa shape index (κ2) is 6.14. The van der Waals surface area contributed by atoms with Gasteiger partial charge in [0.2, 0.25) is 0 Å². The number of nitrogens with zero attached hydrogens (tertiary/aromatic N) is 3. The average Bonchev–Trinajstić information content (AvgIpc) is 3.01. The fourth-order valence-electron chi connectivity index (χ4n) is 3.01. The Morgan fingerprint density at radius 1 is 1.00 bits per heavy atom. The van der Waals surface area contributed by atoms with E-state index in [9.17, 15) is 0 Å². The molecule has 2 heterocycles. The summed E-state index contributed by atoms with van der Waals surface area (Å²) in [6.45, 7) is 0. The van der Waals surface area contributed by atoms with Crippen LogP contribution >= 0.6 is 0 Å². The number of fused-ring (bicyclic) bond motifs is 1. The Morgan fingerprint density at radius 3 is 2.48 bits per heavy atom. The predicted octanol–water partition coefficient (Wildman–Crippen LogP) is 4.86. The first-order chi connectivity index (χ1) is 12.3. The summed E-state index contributed by atoms with van der Waals surface area (Å²) in [5, 5.41) is 13.3. The predicted molar refractivity (Wildman–Crippen MR) is 101 cm³/mol. The minimum Gasteiger partial charge on any atom is -0.343 e.